The third-order valence-corrected chi connectivity index (χ3v) is 4.86. The van der Waals surface area contributed by atoms with Crippen LogP contribution in [0.25, 0.3) is 5.32 Å². The van der Waals surface area contributed by atoms with E-state index >= 15 is 0 Å². The van der Waals surface area contributed by atoms with E-state index in [0.29, 0.717) is 0 Å². The predicted molar refractivity (Wildman–Crippen MR) is 81.5 cm³/mol. The first kappa shape index (κ1) is 25.9. The van der Waals surface area contributed by atoms with E-state index < -0.39 is 0 Å². The molecule has 1 atom stereocenters. The van der Waals surface area contributed by atoms with Gasteiger partial charge in [-0.1, -0.05) is 62.2 Å². The summed E-state index contributed by atoms with van der Waals surface area (Å²) in [6, 6.07) is 0. The van der Waals surface area contributed by atoms with E-state index in [1.807, 2.05) is 0 Å². The first-order chi connectivity index (χ1) is 7.57. The fourth-order valence-electron chi connectivity index (χ4n) is 2.77. The van der Waals surface area contributed by atoms with Gasteiger partial charge in [0.1, 0.15) is 0 Å². The third-order valence-electron chi connectivity index (χ3n) is 3.57. The second-order valence-corrected chi connectivity index (χ2v) is 8.66. The maximum atomic E-state index is 5.10. The van der Waals surface area contributed by atoms with Crippen LogP contribution in [-0.2, 0) is 26.2 Å². The molecule has 1 radical (unpaired) electrons. The average Bonchev–Trinajstić information content (AvgIpc) is 2.26. The first-order valence-corrected chi connectivity index (χ1v) is 8.93. The predicted octanol–water partition coefficient (Wildman–Crippen LogP) is -1.66. The van der Waals surface area contributed by atoms with E-state index in [2.05, 4.69) is 66.4 Å². The van der Waals surface area contributed by atoms with Gasteiger partial charge >= 0.3 is 26.2 Å². The van der Waals surface area contributed by atoms with E-state index in [9.17, 15) is 0 Å². The van der Waals surface area contributed by atoms with Crippen molar-refractivity contribution in [2.45, 2.75) is 65.7 Å². The minimum atomic E-state index is -0.358. The number of halogens is 2. The van der Waals surface area contributed by atoms with Crippen molar-refractivity contribution in [1.82, 2.24) is 0 Å². The molecule has 0 saturated carbocycles. The number of allylic oxidation sites excluding steroid dienone is 2. The Balaban J connectivity index is -0.000000963. The van der Waals surface area contributed by atoms with E-state index in [-0.39, 0.29) is 70.5 Å². The van der Waals surface area contributed by atoms with Crippen LogP contribution in [0.2, 0.25) is 13.1 Å². The van der Waals surface area contributed by atoms with Crippen molar-refractivity contribution < 1.29 is 51.0 Å². The molecule has 0 aromatic heterocycles. The van der Waals surface area contributed by atoms with Crippen LogP contribution in [0.5, 0.6) is 0 Å². The Bertz CT molecular complexity index is 424. The number of rotatable bonds is 3. The van der Waals surface area contributed by atoms with Crippen molar-refractivity contribution in [2.75, 3.05) is 0 Å². The minimum Gasteiger partial charge on any atom is -1.00 e. The molecule has 1 unspecified atom stereocenters. The Morgan fingerprint density at radius 2 is 1.60 bits per heavy atom. The fourth-order valence-corrected chi connectivity index (χ4v) is 4.24. The summed E-state index contributed by atoms with van der Waals surface area (Å²) in [4.78, 5) is 0. The molecule has 113 valence electrons. The molecular weight excluding hydrogens is 384 g/mol. The van der Waals surface area contributed by atoms with Crippen molar-refractivity contribution in [3.63, 3.8) is 0 Å². The van der Waals surface area contributed by atoms with Gasteiger partial charge in [0.15, 0.2) is 0 Å². The van der Waals surface area contributed by atoms with Crippen molar-refractivity contribution in [2.24, 2.45) is 0 Å². The van der Waals surface area contributed by atoms with Crippen LogP contribution in [0.4, 0.5) is 0 Å². The van der Waals surface area contributed by atoms with Gasteiger partial charge < -0.3 is 30.1 Å². The fraction of sp³-hybridized carbons (Fsp3) is 0.667. The number of hydrogen-bond acceptors (Lipinski definition) is 0. The summed E-state index contributed by atoms with van der Waals surface area (Å²) in [6.07, 6.45) is 2.31. The number of nitrogens with zero attached hydrogens (tertiary/aromatic N) is 1. The molecule has 0 spiro atoms. The smallest absolute Gasteiger partial charge is 1.00 e. The molecule has 0 bridgehead atoms. The molecule has 0 aliphatic heterocycles. The Kier molecular flexibility index (Phi) is 11.9. The molecule has 0 heterocycles. The van der Waals surface area contributed by atoms with Gasteiger partial charge in [0.2, 0.25) is 0 Å². The van der Waals surface area contributed by atoms with Crippen LogP contribution in [0, 0.1) is 0 Å². The second-order valence-electron chi connectivity index (χ2n) is 6.21. The summed E-state index contributed by atoms with van der Waals surface area (Å²) in [5.74, 6) is 0. The zero-order valence-corrected chi connectivity index (χ0v) is 18.8. The summed E-state index contributed by atoms with van der Waals surface area (Å²) >= 11 is 0. The van der Waals surface area contributed by atoms with Crippen LogP contribution in [0.15, 0.2) is 22.8 Å². The van der Waals surface area contributed by atoms with Crippen molar-refractivity contribution in [3.8, 4) is 0 Å². The van der Waals surface area contributed by atoms with E-state index in [1.165, 1.54) is 16.7 Å². The Hall–Kier alpha value is 0.990. The molecule has 0 aromatic rings. The van der Waals surface area contributed by atoms with Crippen molar-refractivity contribution in [1.29, 1.82) is 0 Å². The van der Waals surface area contributed by atoms with Crippen LogP contribution >= 0.6 is 0 Å². The normalized spacial score (nSPS) is 21.3. The summed E-state index contributed by atoms with van der Waals surface area (Å²) < 4.78 is 0. The molecule has 1 aliphatic carbocycles. The monoisotopic (exact) mass is 408 g/mol. The van der Waals surface area contributed by atoms with Gasteiger partial charge in [0, 0.05) is 0 Å². The van der Waals surface area contributed by atoms with Gasteiger partial charge in [0.25, 0.3) is 0 Å². The van der Waals surface area contributed by atoms with Crippen LogP contribution < -0.4 is 24.8 Å². The molecule has 0 fully saturated rings. The maximum Gasteiger partial charge on any atom is 3.00 e. The summed E-state index contributed by atoms with van der Waals surface area (Å²) in [7, 11) is -0.358. The SMILES string of the molecule is CC1=CC(C)([N-]C(C)(C)C=[Si](C)C)C(C)=C1C.[Cl-].[Cl-].[Zr+3]. The van der Waals surface area contributed by atoms with Crippen LogP contribution in [0.1, 0.15) is 41.5 Å². The van der Waals surface area contributed by atoms with Gasteiger partial charge in [-0.2, -0.15) is 0 Å². The third kappa shape index (κ3) is 6.40. The van der Waals surface area contributed by atoms with E-state index in [4.69, 9.17) is 5.32 Å². The molecule has 1 rings (SSSR count). The molecule has 20 heavy (non-hydrogen) atoms. The number of hydrogen-bond donors (Lipinski definition) is 0. The van der Waals surface area contributed by atoms with Crippen LogP contribution in [0.3, 0.4) is 0 Å². The Morgan fingerprint density at radius 3 is 1.90 bits per heavy atom. The largest absolute Gasteiger partial charge is 3.00 e. The zero-order chi connectivity index (χ0) is 13.4. The molecule has 0 amide bonds. The molecule has 0 saturated heterocycles. The standard InChI is InChI=1S/C15H26NSi.2ClH.Zr/c1-11-9-15(6,13(3)12(11)2)16-14(4,5)10-17(7)8;;;/h9-10H,1-8H3;2*1H;/q-1;;;+3/p-2. The molecule has 0 N–H and O–H groups in total. The first-order valence-electron chi connectivity index (χ1n) is 6.35. The summed E-state index contributed by atoms with van der Waals surface area (Å²) in [6.45, 7) is 17.9. The summed E-state index contributed by atoms with van der Waals surface area (Å²) in [5.41, 5.74) is 6.47. The zero-order valence-electron chi connectivity index (χ0n) is 13.9. The van der Waals surface area contributed by atoms with Crippen molar-refractivity contribution >= 4 is 14.1 Å². The quantitative estimate of drug-likeness (QED) is 0.495. The average molecular weight is 411 g/mol. The topological polar surface area (TPSA) is 14.1 Å². The second kappa shape index (κ2) is 9.20. The van der Waals surface area contributed by atoms with Crippen molar-refractivity contribution in [3.05, 3.63) is 28.1 Å². The van der Waals surface area contributed by atoms with E-state index in [1.54, 1.807) is 0 Å². The van der Waals surface area contributed by atoms with Gasteiger partial charge in [-0.05, 0) is 29.2 Å². The summed E-state index contributed by atoms with van der Waals surface area (Å²) in [5, 5.41) is 5.10. The Labute approximate surface area is 158 Å². The van der Waals surface area contributed by atoms with Gasteiger partial charge in [0.05, 0.1) is 0 Å². The van der Waals surface area contributed by atoms with Crippen LogP contribution in [-0.4, -0.2) is 25.2 Å². The Morgan fingerprint density at radius 1 is 1.15 bits per heavy atom. The van der Waals surface area contributed by atoms with Gasteiger partial charge in [-0.15, -0.1) is 11.2 Å². The molecule has 0 aromatic carbocycles. The van der Waals surface area contributed by atoms with Gasteiger partial charge in [-0.3, -0.25) is 0 Å². The van der Waals surface area contributed by atoms with E-state index in [0.717, 1.165) is 0 Å². The molecule has 5 heteroatoms. The minimum absolute atomic E-state index is 0. The molecule has 1 aliphatic rings. The maximum absolute atomic E-state index is 5.10. The van der Waals surface area contributed by atoms with Gasteiger partial charge in [-0.25, -0.2) is 0 Å². The molecule has 1 nitrogen and oxygen atoms in total. The molecular formula is C15H26Cl2NSiZr.